The summed E-state index contributed by atoms with van der Waals surface area (Å²) in [6.07, 6.45) is 0.851. The summed E-state index contributed by atoms with van der Waals surface area (Å²) in [6.45, 7) is 3.76. The average molecular weight is 237 g/mol. The first-order valence-corrected chi connectivity index (χ1v) is 5.62. The molecule has 0 aliphatic rings. The molecule has 7 heteroatoms. The Labute approximate surface area is 96.2 Å². The van der Waals surface area contributed by atoms with Crippen LogP contribution in [0.15, 0.2) is 6.07 Å². The predicted molar refractivity (Wildman–Crippen MR) is 60.6 cm³/mol. The summed E-state index contributed by atoms with van der Waals surface area (Å²) < 4.78 is 3.71. The molecule has 0 fully saturated rings. The van der Waals surface area contributed by atoms with Crippen molar-refractivity contribution < 1.29 is 4.79 Å². The maximum Gasteiger partial charge on any atom is 0.270 e. The fraction of sp³-hybridized carbons (Fsp3) is 0.333. The maximum atomic E-state index is 11.8. The number of carbonyl (C=O) groups is 1. The van der Waals surface area contributed by atoms with Crippen molar-refractivity contribution in [1.29, 1.82) is 0 Å². The molecule has 2 aromatic heterocycles. The molecule has 0 atom stereocenters. The molecular weight excluding hydrogens is 226 g/mol. The lowest BCUT2D eigenvalue weighted by Gasteiger charge is -1.97. The van der Waals surface area contributed by atoms with Gasteiger partial charge in [0.1, 0.15) is 4.88 Å². The molecule has 1 amide bonds. The van der Waals surface area contributed by atoms with E-state index in [1.165, 1.54) is 0 Å². The van der Waals surface area contributed by atoms with E-state index in [2.05, 4.69) is 25.1 Å². The second-order valence-electron chi connectivity index (χ2n) is 3.27. The molecule has 0 saturated heterocycles. The average Bonchev–Trinajstić information content (AvgIpc) is 2.86. The predicted octanol–water partition coefficient (Wildman–Crippen LogP) is 1.38. The van der Waals surface area contributed by atoms with E-state index in [9.17, 15) is 4.79 Å². The van der Waals surface area contributed by atoms with Crippen LogP contribution in [0.4, 0.5) is 5.82 Å². The van der Waals surface area contributed by atoms with Crippen molar-refractivity contribution in [3.8, 4) is 0 Å². The highest BCUT2D eigenvalue weighted by atomic mass is 32.1. The van der Waals surface area contributed by atoms with Gasteiger partial charge in [0.15, 0.2) is 5.82 Å². The van der Waals surface area contributed by atoms with Gasteiger partial charge in [0.25, 0.3) is 5.91 Å². The number of carbonyl (C=O) groups excluding carboxylic acids is 1. The summed E-state index contributed by atoms with van der Waals surface area (Å²) in [5.74, 6) is 0.302. The van der Waals surface area contributed by atoms with Crippen molar-refractivity contribution >= 4 is 23.3 Å². The minimum Gasteiger partial charge on any atom is -0.304 e. The zero-order valence-corrected chi connectivity index (χ0v) is 9.76. The van der Waals surface area contributed by atoms with E-state index in [1.54, 1.807) is 6.92 Å². The van der Waals surface area contributed by atoms with Gasteiger partial charge in [0.2, 0.25) is 0 Å². The molecule has 0 radical (unpaired) electrons. The number of aromatic nitrogens is 4. The smallest absolute Gasteiger partial charge is 0.270 e. The lowest BCUT2D eigenvalue weighted by Crippen LogP contribution is -2.11. The molecule has 2 N–H and O–H groups in total. The molecule has 0 aromatic carbocycles. The molecule has 0 unspecified atom stereocenters. The van der Waals surface area contributed by atoms with Gasteiger partial charge in [0, 0.05) is 11.8 Å². The number of nitrogens with zero attached hydrogens (tertiary/aromatic N) is 3. The molecule has 2 heterocycles. The van der Waals surface area contributed by atoms with Crippen molar-refractivity contribution in [2.24, 2.45) is 0 Å². The number of aryl methyl sites for hydroxylation is 2. The third-order valence-corrected chi connectivity index (χ3v) is 2.94. The molecule has 0 aliphatic carbocycles. The number of nitrogens with one attached hydrogen (secondary N) is 2. The minimum absolute atomic E-state index is 0.221. The molecule has 2 rings (SSSR count). The molecular formula is C9H11N5OS. The number of amides is 1. The van der Waals surface area contributed by atoms with Gasteiger partial charge in [-0.25, -0.2) is 0 Å². The first kappa shape index (κ1) is 10.7. The SMILES string of the molecule is CCc1cc(NC(=O)c2snnc2C)n[nH]1. The monoisotopic (exact) mass is 237 g/mol. The Morgan fingerprint density at radius 2 is 2.44 bits per heavy atom. The Kier molecular flexibility index (Phi) is 2.95. The summed E-state index contributed by atoms with van der Waals surface area (Å²) in [4.78, 5) is 12.3. The molecule has 0 saturated carbocycles. The molecule has 84 valence electrons. The van der Waals surface area contributed by atoms with Crippen molar-refractivity contribution in [2.45, 2.75) is 20.3 Å². The van der Waals surface area contributed by atoms with Gasteiger partial charge in [-0.2, -0.15) is 5.10 Å². The van der Waals surface area contributed by atoms with E-state index >= 15 is 0 Å². The second-order valence-corrected chi connectivity index (χ2v) is 4.03. The van der Waals surface area contributed by atoms with Crippen LogP contribution in [0.5, 0.6) is 0 Å². The highest BCUT2D eigenvalue weighted by molar-refractivity contribution is 7.08. The van der Waals surface area contributed by atoms with Crippen molar-refractivity contribution in [2.75, 3.05) is 5.32 Å². The van der Waals surface area contributed by atoms with Crippen LogP contribution in [0, 0.1) is 6.92 Å². The number of hydrogen-bond donors (Lipinski definition) is 2. The Balaban J connectivity index is 2.11. The zero-order valence-electron chi connectivity index (χ0n) is 8.94. The summed E-state index contributed by atoms with van der Waals surface area (Å²) in [7, 11) is 0. The Morgan fingerprint density at radius 3 is 3.00 bits per heavy atom. The second kappa shape index (κ2) is 4.40. The Bertz CT molecular complexity index is 503. The van der Waals surface area contributed by atoms with Crippen molar-refractivity contribution in [1.82, 2.24) is 19.8 Å². The van der Waals surface area contributed by atoms with Gasteiger partial charge in [-0.1, -0.05) is 11.4 Å². The highest BCUT2D eigenvalue weighted by Crippen LogP contribution is 2.12. The van der Waals surface area contributed by atoms with Gasteiger partial charge in [-0.05, 0) is 24.9 Å². The number of rotatable bonds is 3. The maximum absolute atomic E-state index is 11.8. The summed E-state index contributed by atoms with van der Waals surface area (Å²) in [5.41, 5.74) is 1.61. The van der Waals surface area contributed by atoms with Gasteiger partial charge in [-0.3, -0.25) is 9.89 Å². The molecule has 2 aromatic rings. The van der Waals surface area contributed by atoms with Crippen LogP contribution in [0.3, 0.4) is 0 Å². The zero-order chi connectivity index (χ0) is 11.5. The van der Waals surface area contributed by atoms with E-state index in [4.69, 9.17) is 0 Å². The lowest BCUT2D eigenvalue weighted by atomic mass is 10.3. The molecule has 6 nitrogen and oxygen atoms in total. The fourth-order valence-electron chi connectivity index (χ4n) is 1.22. The van der Waals surface area contributed by atoms with E-state index in [0.717, 1.165) is 23.6 Å². The standard InChI is InChI=1S/C9H11N5OS/c1-3-6-4-7(13-12-6)10-9(15)8-5(2)11-14-16-8/h4H,3H2,1-2H3,(H2,10,12,13,15). The molecule has 0 bridgehead atoms. The van der Waals surface area contributed by atoms with E-state index < -0.39 is 0 Å². The first-order valence-electron chi connectivity index (χ1n) is 4.85. The minimum atomic E-state index is -0.221. The van der Waals surface area contributed by atoms with Gasteiger partial charge < -0.3 is 5.32 Å². The van der Waals surface area contributed by atoms with Crippen LogP contribution in [0.25, 0.3) is 0 Å². The molecule has 0 spiro atoms. The molecule has 0 aliphatic heterocycles. The van der Waals surface area contributed by atoms with Gasteiger partial charge in [0.05, 0.1) is 5.69 Å². The number of aromatic amines is 1. The number of anilines is 1. The quantitative estimate of drug-likeness (QED) is 0.844. The topological polar surface area (TPSA) is 83.6 Å². The summed E-state index contributed by atoms with van der Waals surface area (Å²) in [5, 5.41) is 13.3. The largest absolute Gasteiger partial charge is 0.304 e. The van der Waals surface area contributed by atoms with E-state index in [0.29, 0.717) is 16.4 Å². The Hall–Kier alpha value is -1.76. The first-order chi connectivity index (χ1) is 7.70. The molecule has 16 heavy (non-hydrogen) atoms. The Morgan fingerprint density at radius 1 is 1.62 bits per heavy atom. The van der Waals surface area contributed by atoms with Crippen molar-refractivity contribution in [3.63, 3.8) is 0 Å². The fourth-order valence-corrected chi connectivity index (χ4v) is 1.77. The van der Waals surface area contributed by atoms with Crippen LogP contribution in [-0.2, 0) is 6.42 Å². The van der Waals surface area contributed by atoms with Crippen molar-refractivity contribution in [3.05, 3.63) is 22.3 Å². The summed E-state index contributed by atoms with van der Waals surface area (Å²) in [6, 6.07) is 1.81. The van der Waals surface area contributed by atoms with E-state index in [-0.39, 0.29) is 5.91 Å². The van der Waals surface area contributed by atoms with Gasteiger partial charge in [-0.15, -0.1) is 5.10 Å². The number of H-pyrrole nitrogens is 1. The van der Waals surface area contributed by atoms with Crippen LogP contribution in [0.2, 0.25) is 0 Å². The van der Waals surface area contributed by atoms with Crippen LogP contribution in [0.1, 0.15) is 28.0 Å². The third kappa shape index (κ3) is 2.08. The van der Waals surface area contributed by atoms with Crippen LogP contribution in [-0.4, -0.2) is 25.7 Å². The third-order valence-electron chi connectivity index (χ3n) is 2.11. The summed E-state index contributed by atoms with van der Waals surface area (Å²) >= 11 is 1.08. The van der Waals surface area contributed by atoms with Crippen LogP contribution >= 0.6 is 11.5 Å². The van der Waals surface area contributed by atoms with Gasteiger partial charge >= 0.3 is 0 Å². The number of hydrogen-bond acceptors (Lipinski definition) is 5. The highest BCUT2D eigenvalue weighted by Gasteiger charge is 2.14. The van der Waals surface area contributed by atoms with Crippen LogP contribution < -0.4 is 5.32 Å². The normalized spacial score (nSPS) is 10.4. The lowest BCUT2D eigenvalue weighted by molar-refractivity contribution is 0.102. The van der Waals surface area contributed by atoms with E-state index in [1.807, 2.05) is 13.0 Å².